The van der Waals surface area contributed by atoms with Crippen molar-refractivity contribution < 1.29 is 31.8 Å². The number of carbonyl (C=O) groups is 3. The van der Waals surface area contributed by atoms with Crippen molar-refractivity contribution in [2.45, 2.75) is 45.6 Å². The van der Waals surface area contributed by atoms with E-state index in [1.807, 2.05) is 0 Å². The summed E-state index contributed by atoms with van der Waals surface area (Å²) in [7, 11) is 1.25. The number of Topliss-reactive ketones (excluding diaryl/α,β-unsaturated/α-hetero) is 1. The maximum Gasteiger partial charge on any atom is 0.249 e. The lowest BCUT2D eigenvalue weighted by Gasteiger charge is -2.24. The minimum Gasteiger partial charge on any atom is -0.385 e. The van der Waals surface area contributed by atoms with Gasteiger partial charge in [-0.25, -0.2) is 0 Å². The molecule has 1 aliphatic rings. The summed E-state index contributed by atoms with van der Waals surface area (Å²) < 4.78 is 71.5. The van der Waals surface area contributed by atoms with Crippen molar-refractivity contribution in [1.29, 1.82) is 0 Å². The molecule has 0 bridgehead atoms. The van der Waals surface area contributed by atoms with Gasteiger partial charge in [0.1, 0.15) is 12.1 Å². The van der Waals surface area contributed by atoms with Crippen LogP contribution in [0.2, 0.25) is 0 Å². The minimum atomic E-state index is -3.50. The number of aliphatic hydroxyl groups is 1. The molecule has 0 spiro atoms. The molecular weight excluding hydrogens is 332 g/mol. The van der Waals surface area contributed by atoms with E-state index in [1.165, 1.54) is 31.3 Å². The first kappa shape index (κ1) is 10.8. The zero-order valence-corrected chi connectivity index (χ0v) is 14.8. The van der Waals surface area contributed by atoms with Gasteiger partial charge in [0.2, 0.25) is 11.8 Å². The molecule has 2 amide bonds. The van der Waals surface area contributed by atoms with Gasteiger partial charge in [0.15, 0.2) is 5.78 Å². The summed E-state index contributed by atoms with van der Waals surface area (Å²) in [6, 6.07) is 3.02. The molecule has 0 aromatic heterocycles. The normalized spacial score (nSPS) is 34.5. The Hall–Kier alpha value is -2.21. The summed E-state index contributed by atoms with van der Waals surface area (Å²) in [5.41, 5.74) is -0.202. The standard InChI is InChI=1S/C20H28N2O4/c1-12(2)18(24)16(23)11-13(3)19(25)21-17-15-8-6-5-7-14(15)9-10-22(4)20(17)26/h5-8,12-13,17-18,24H,9-11H2,1-4H3,(H,21,25)/t13-,17+,18+/m1/s1/i1D3,9D2,12D,13D,17D,18D/t12?,13-,17+,18+. The molecule has 26 heavy (non-hydrogen) atoms. The van der Waals surface area contributed by atoms with Gasteiger partial charge in [-0.15, -0.1) is 0 Å². The van der Waals surface area contributed by atoms with E-state index in [-0.39, 0.29) is 11.1 Å². The molecule has 1 heterocycles. The molecule has 1 aromatic rings. The minimum absolute atomic E-state index is 0.0288. The number of likely N-dealkylation sites (N-methyl/N-ethyl adjacent to an activating group) is 1. The number of fused-ring (bicyclic) bond motifs is 1. The van der Waals surface area contributed by atoms with Gasteiger partial charge in [0.05, 0.1) is 2.74 Å². The van der Waals surface area contributed by atoms with E-state index in [0.717, 1.165) is 11.8 Å². The molecule has 6 nitrogen and oxygen atoms in total. The second-order valence-electron chi connectivity index (χ2n) is 6.07. The molecule has 0 saturated carbocycles. The first-order chi connectivity index (χ1) is 15.5. The highest BCUT2D eigenvalue weighted by atomic mass is 16.3. The highest BCUT2D eigenvalue weighted by Gasteiger charge is 2.32. The van der Waals surface area contributed by atoms with Crippen LogP contribution in [0.1, 0.15) is 56.6 Å². The van der Waals surface area contributed by atoms with Crippen LogP contribution >= 0.6 is 0 Å². The third kappa shape index (κ3) is 4.49. The number of hydrogen-bond acceptors (Lipinski definition) is 4. The van der Waals surface area contributed by atoms with Crippen LogP contribution in [-0.4, -0.2) is 47.3 Å². The molecule has 1 aromatic carbocycles. The molecule has 1 aliphatic heterocycles. The number of amides is 2. The zero-order chi connectivity index (χ0) is 27.4. The third-order valence-corrected chi connectivity index (χ3v) is 3.93. The van der Waals surface area contributed by atoms with Crippen molar-refractivity contribution in [2.24, 2.45) is 11.8 Å². The summed E-state index contributed by atoms with van der Waals surface area (Å²) in [6.45, 7) is -2.09. The van der Waals surface area contributed by atoms with Crippen molar-refractivity contribution in [1.82, 2.24) is 10.2 Å². The predicted octanol–water partition coefficient (Wildman–Crippen LogP) is 1.47. The first-order valence-corrected chi connectivity index (χ1v) is 7.96. The maximum atomic E-state index is 13.1. The van der Waals surface area contributed by atoms with Gasteiger partial charge in [-0.2, -0.15) is 0 Å². The third-order valence-electron chi connectivity index (χ3n) is 3.93. The van der Waals surface area contributed by atoms with Crippen LogP contribution in [0.5, 0.6) is 0 Å². The Morgan fingerprint density at radius 2 is 2.19 bits per heavy atom. The van der Waals surface area contributed by atoms with E-state index in [2.05, 4.69) is 5.32 Å². The Labute approximate surface area is 167 Å². The summed E-state index contributed by atoms with van der Waals surface area (Å²) >= 11 is 0. The van der Waals surface area contributed by atoms with Crippen LogP contribution in [0.3, 0.4) is 0 Å². The second kappa shape index (κ2) is 8.45. The van der Waals surface area contributed by atoms with Crippen LogP contribution in [0, 0.1) is 11.8 Å². The number of nitrogens with one attached hydrogen (secondary N) is 1. The van der Waals surface area contributed by atoms with Crippen molar-refractivity contribution in [2.75, 3.05) is 13.6 Å². The largest absolute Gasteiger partial charge is 0.385 e. The predicted molar refractivity (Wildman–Crippen MR) is 98.3 cm³/mol. The molecule has 0 fully saturated rings. The topological polar surface area (TPSA) is 86.7 Å². The van der Waals surface area contributed by atoms with E-state index in [9.17, 15) is 19.5 Å². The Balaban J connectivity index is 2.43. The molecule has 142 valence electrons. The van der Waals surface area contributed by atoms with Crippen molar-refractivity contribution in [3.05, 3.63) is 35.4 Å². The highest BCUT2D eigenvalue weighted by molar-refractivity contribution is 5.92. The van der Waals surface area contributed by atoms with Gasteiger partial charge < -0.3 is 15.3 Å². The van der Waals surface area contributed by atoms with Gasteiger partial charge in [0, 0.05) is 35.5 Å². The maximum absolute atomic E-state index is 13.1. The molecule has 2 rings (SSSR count). The molecule has 4 atom stereocenters. The lowest BCUT2D eigenvalue weighted by molar-refractivity contribution is -0.137. The number of ketones is 1. The average molecular weight is 370 g/mol. The zero-order valence-electron chi connectivity index (χ0n) is 23.8. The fourth-order valence-corrected chi connectivity index (χ4v) is 2.39. The number of nitrogens with zero attached hydrogens (tertiary/aromatic N) is 1. The number of rotatable bonds is 6. The number of carbonyl (C=O) groups excluding carboxylic acids is 3. The van der Waals surface area contributed by atoms with Crippen LogP contribution in [0.25, 0.3) is 0 Å². The second-order valence-corrected chi connectivity index (χ2v) is 6.07. The lowest BCUT2D eigenvalue weighted by atomic mass is 9.94. The fraction of sp³-hybridized carbons (Fsp3) is 0.550. The Morgan fingerprint density at radius 3 is 2.88 bits per heavy atom. The van der Waals surface area contributed by atoms with Crippen molar-refractivity contribution >= 4 is 17.6 Å². The van der Waals surface area contributed by atoms with E-state index < -0.39 is 67.7 Å². The van der Waals surface area contributed by atoms with Gasteiger partial charge in [0.25, 0.3) is 0 Å². The molecule has 0 aliphatic carbocycles. The van der Waals surface area contributed by atoms with E-state index >= 15 is 0 Å². The Bertz CT molecular complexity index is 1040. The van der Waals surface area contributed by atoms with Crippen LogP contribution < -0.4 is 5.32 Å². The fourth-order valence-electron chi connectivity index (χ4n) is 2.39. The van der Waals surface area contributed by atoms with Gasteiger partial charge in [-0.05, 0) is 23.4 Å². The van der Waals surface area contributed by atoms with Crippen molar-refractivity contribution in [3.63, 3.8) is 0 Å². The molecule has 2 N–H and O–H groups in total. The van der Waals surface area contributed by atoms with Gasteiger partial charge in [-0.1, -0.05) is 45.0 Å². The van der Waals surface area contributed by atoms with Gasteiger partial charge in [-0.3, -0.25) is 14.4 Å². The Morgan fingerprint density at radius 1 is 1.50 bits per heavy atom. The van der Waals surface area contributed by atoms with Crippen LogP contribution in [-0.2, 0) is 20.8 Å². The van der Waals surface area contributed by atoms with Gasteiger partial charge >= 0.3 is 0 Å². The summed E-state index contributed by atoms with van der Waals surface area (Å²) in [6.07, 6.45) is -6.77. The lowest BCUT2D eigenvalue weighted by Crippen LogP contribution is -2.43. The molecule has 0 saturated heterocycles. The summed E-state index contributed by atoms with van der Waals surface area (Å²) in [5.74, 6) is -9.40. The average Bonchev–Trinajstić information content (AvgIpc) is 2.75. The first-order valence-electron chi connectivity index (χ1n) is 12.5. The summed E-state index contributed by atoms with van der Waals surface area (Å²) in [4.78, 5) is 39.7. The van der Waals surface area contributed by atoms with E-state index in [0.29, 0.717) is 6.92 Å². The van der Waals surface area contributed by atoms with E-state index in [4.69, 9.17) is 12.3 Å². The highest BCUT2D eigenvalue weighted by Crippen LogP contribution is 2.25. The molecular formula is C20H28N2O4. The number of benzene rings is 1. The van der Waals surface area contributed by atoms with Crippen molar-refractivity contribution in [3.8, 4) is 0 Å². The Kier molecular flexibility index (Phi) is 3.52. The number of hydrogen-bond donors (Lipinski definition) is 2. The van der Waals surface area contributed by atoms with Crippen LogP contribution in [0.15, 0.2) is 24.3 Å². The SMILES string of the molecule is [2H]C1([2H])CN(C)C(=O)[C@@]([2H])(NC(=O)[C@]([2H])(C)CC(=O)[C@@]([2H])(O)C([2H])(C)C([2H])([2H])[2H])c2ccccc21. The molecule has 6 heteroatoms. The molecule has 0 radical (unpaired) electrons. The monoisotopic (exact) mass is 369 g/mol. The summed E-state index contributed by atoms with van der Waals surface area (Å²) in [5, 5.41) is 12.4. The molecule has 1 unspecified atom stereocenters. The quantitative estimate of drug-likeness (QED) is 0.795. The van der Waals surface area contributed by atoms with E-state index in [1.54, 1.807) is 0 Å². The van der Waals surface area contributed by atoms with Crippen LogP contribution in [0.4, 0.5) is 0 Å². The smallest absolute Gasteiger partial charge is 0.249 e.